The maximum atomic E-state index is 3.53. The molecule has 3 unspecified atom stereocenters. The van der Waals surface area contributed by atoms with Crippen LogP contribution in [0.2, 0.25) is 0 Å². The summed E-state index contributed by atoms with van der Waals surface area (Å²) in [6.07, 6.45) is 7.40. The van der Waals surface area contributed by atoms with Crippen molar-refractivity contribution in [1.82, 2.24) is 5.32 Å². The van der Waals surface area contributed by atoms with E-state index in [0.717, 1.165) is 17.8 Å². The Balaban J connectivity index is 1.83. The summed E-state index contributed by atoms with van der Waals surface area (Å²) in [6.45, 7) is 4.98. The SMILES string of the molecule is CC1CCC(C2CCCNC2)C1. The van der Waals surface area contributed by atoms with Crippen LogP contribution >= 0.6 is 0 Å². The smallest absolute Gasteiger partial charge is 0.00179 e. The summed E-state index contributed by atoms with van der Waals surface area (Å²) in [5.74, 6) is 3.09. The summed E-state index contributed by atoms with van der Waals surface area (Å²) < 4.78 is 0. The maximum Gasteiger partial charge on any atom is -0.00179 e. The first-order valence-corrected chi connectivity index (χ1v) is 5.57. The molecule has 2 rings (SSSR count). The molecule has 0 bridgehead atoms. The third kappa shape index (κ3) is 1.82. The molecule has 0 aromatic heterocycles. The van der Waals surface area contributed by atoms with Crippen LogP contribution in [0, 0.1) is 17.8 Å². The second kappa shape index (κ2) is 3.78. The number of rotatable bonds is 1. The van der Waals surface area contributed by atoms with Gasteiger partial charge in [0.1, 0.15) is 0 Å². The molecule has 1 saturated carbocycles. The van der Waals surface area contributed by atoms with Gasteiger partial charge in [0.15, 0.2) is 0 Å². The van der Waals surface area contributed by atoms with Gasteiger partial charge in [-0.3, -0.25) is 0 Å². The van der Waals surface area contributed by atoms with Crippen molar-refractivity contribution < 1.29 is 0 Å². The van der Waals surface area contributed by atoms with Crippen molar-refractivity contribution in [3.63, 3.8) is 0 Å². The van der Waals surface area contributed by atoms with Gasteiger partial charge in [0, 0.05) is 0 Å². The van der Waals surface area contributed by atoms with Gasteiger partial charge in [-0.15, -0.1) is 0 Å². The molecule has 2 fully saturated rings. The van der Waals surface area contributed by atoms with Gasteiger partial charge in [-0.2, -0.15) is 0 Å². The van der Waals surface area contributed by atoms with Gasteiger partial charge in [0.2, 0.25) is 0 Å². The Labute approximate surface area is 75.9 Å². The van der Waals surface area contributed by atoms with E-state index in [9.17, 15) is 0 Å². The van der Waals surface area contributed by atoms with Gasteiger partial charge in [-0.1, -0.05) is 13.3 Å². The number of nitrogens with one attached hydrogen (secondary N) is 1. The molecule has 1 aliphatic carbocycles. The van der Waals surface area contributed by atoms with E-state index >= 15 is 0 Å². The molecule has 70 valence electrons. The molecule has 1 heteroatoms. The fraction of sp³-hybridized carbons (Fsp3) is 1.00. The molecule has 0 amide bonds. The Bertz CT molecular complexity index is 135. The minimum absolute atomic E-state index is 1.01. The van der Waals surface area contributed by atoms with E-state index in [2.05, 4.69) is 12.2 Å². The molecule has 1 heterocycles. The average molecular weight is 167 g/mol. The summed E-state index contributed by atoms with van der Waals surface area (Å²) in [4.78, 5) is 0. The zero-order valence-electron chi connectivity index (χ0n) is 8.18. The highest BCUT2D eigenvalue weighted by atomic mass is 14.9. The van der Waals surface area contributed by atoms with Crippen LogP contribution in [0.3, 0.4) is 0 Å². The lowest BCUT2D eigenvalue weighted by atomic mass is 9.85. The van der Waals surface area contributed by atoms with Gasteiger partial charge in [0.25, 0.3) is 0 Å². The van der Waals surface area contributed by atoms with Crippen LogP contribution in [-0.4, -0.2) is 13.1 Å². The number of hydrogen-bond acceptors (Lipinski definition) is 1. The highest BCUT2D eigenvalue weighted by Crippen LogP contribution is 2.37. The van der Waals surface area contributed by atoms with Gasteiger partial charge >= 0.3 is 0 Å². The lowest BCUT2D eigenvalue weighted by Crippen LogP contribution is -2.33. The van der Waals surface area contributed by atoms with Gasteiger partial charge in [-0.05, 0) is 56.5 Å². The average Bonchev–Trinajstić information content (AvgIpc) is 2.54. The summed E-state index contributed by atoms with van der Waals surface area (Å²) in [6, 6.07) is 0. The lowest BCUT2D eigenvalue weighted by Gasteiger charge is -2.28. The monoisotopic (exact) mass is 167 g/mol. The first-order valence-electron chi connectivity index (χ1n) is 5.57. The second-order valence-corrected chi connectivity index (χ2v) is 4.78. The Morgan fingerprint density at radius 2 is 2.00 bits per heavy atom. The van der Waals surface area contributed by atoms with Crippen molar-refractivity contribution in [3.05, 3.63) is 0 Å². The fourth-order valence-corrected chi connectivity index (χ4v) is 2.96. The molecular formula is C11H21N. The molecule has 0 radical (unpaired) electrons. The van der Waals surface area contributed by atoms with Crippen LogP contribution in [0.15, 0.2) is 0 Å². The van der Waals surface area contributed by atoms with E-state index in [0.29, 0.717) is 0 Å². The molecule has 0 aromatic rings. The Morgan fingerprint density at radius 3 is 2.58 bits per heavy atom. The molecule has 2 aliphatic rings. The van der Waals surface area contributed by atoms with Gasteiger partial charge in [-0.25, -0.2) is 0 Å². The van der Waals surface area contributed by atoms with E-state index in [1.807, 2.05) is 0 Å². The van der Waals surface area contributed by atoms with E-state index in [1.54, 1.807) is 0 Å². The van der Waals surface area contributed by atoms with E-state index in [1.165, 1.54) is 45.2 Å². The Morgan fingerprint density at radius 1 is 1.08 bits per heavy atom. The van der Waals surface area contributed by atoms with Gasteiger partial charge in [0.05, 0.1) is 0 Å². The predicted octanol–water partition coefficient (Wildman–Crippen LogP) is 2.42. The van der Waals surface area contributed by atoms with Crippen molar-refractivity contribution in [1.29, 1.82) is 0 Å². The zero-order valence-corrected chi connectivity index (χ0v) is 8.18. The summed E-state index contributed by atoms with van der Waals surface area (Å²) in [5, 5.41) is 3.53. The van der Waals surface area contributed by atoms with Crippen molar-refractivity contribution in [3.8, 4) is 0 Å². The highest BCUT2D eigenvalue weighted by molar-refractivity contribution is 4.82. The van der Waals surface area contributed by atoms with E-state index in [4.69, 9.17) is 0 Å². The minimum atomic E-state index is 1.01. The minimum Gasteiger partial charge on any atom is -0.316 e. The van der Waals surface area contributed by atoms with Crippen LogP contribution in [0.5, 0.6) is 0 Å². The molecule has 1 N–H and O–H groups in total. The summed E-state index contributed by atoms with van der Waals surface area (Å²) in [5.41, 5.74) is 0. The third-order valence-electron chi connectivity index (χ3n) is 3.74. The topological polar surface area (TPSA) is 12.0 Å². The number of hydrogen-bond donors (Lipinski definition) is 1. The fourth-order valence-electron chi connectivity index (χ4n) is 2.96. The summed E-state index contributed by atoms with van der Waals surface area (Å²) in [7, 11) is 0. The van der Waals surface area contributed by atoms with E-state index < -0.39 is 0 Å². The molecule has 1 nitrogen and oxygen atoms in total. The maximum absolute atomic E-state index is 3.53. The van der Waals surface area contributed by atoms with Crippen molar-refractivity contribution >= 4 is 0 Å². The first-order chi connectivity index (χ1) is 5.86. The van der Waals surface area contributed by atoms with Crippen molar-refractivity contribution in [2.75, 3.05) is 13.1 Å². The molecule has 1 saturated heterocycles. The molecule has 0 aromatic carbocycles. The normalized spacial score (nSPS) is 43.2. The third-order valence-corrected chi connectivity index (χ3v) is 3.74. The first kappa shape index (κ1) is 8.55. The quantitative estimate of drug-likeness (QED) is 0.632. The Hall–Kier alpha value is -0.0400. The molecular weight excluding hydrogens is 146 g/mol. The standard InChI is InChI=1S/C11H21N/c1-9-4-5-10(7-9)11-3-2-6-12-8-11/h9-12H,2-8H2,1H3. The van der Waals surface area contributed by atoms with Crippen molar-refractivity contribution in [2.24, 2.45) is 17.8 Å². The number of piperidine rings is 1. The van der Waals surface area contributed by atoms with Crippen LogP contribution in [0.1, 0.15) is 39.0 Å². The summed E-state index contributed by atoms with van der Waals surface area (Å²) >= 11 is 0. The van der Waals surface area contributed by atoms with E-state index in [-0.39, 0.29) is 0 Å². The van der Waals surface area contributed by atoms with Crippen LogP contribution in [0.25, 0.3) is 0 Å². The predicted molar refractivity (Wildman–Crippen MR) is 52.1 cm³/mol. The second-order valence-electron chi connectivity index (χ2n) is 4.78. The highest BCUT2D eigenvalue weighted by Gasteiger charge is 2.29. The van der Waals surface area contributed by atoms with Crippen LogP contribution < -0.4 is 5.32 Å². The molecule has 1 aliphatic heterocycles. The molecule has 3 atom stereocenters. The largest absolute Gasteiger partial charge is 0.316 e. The molecule has 0 spiro atoms. The van der Waals surface area contributed by atoms with Crippen molar-refractivity contribution in [2.45, 2.75) is 39.0 Å². The van der Waals surface area contributed by atoms with Crippen LogP contribution in [0.4, 0.5) is 0 Å². The van der Waals surface area contributed by atoms with Gasteiger partial charge < -0.3 is 5.32 Å². The zero-order chi connectivity index (χ0) is 8.39. The van der Waals surface area contributed by atoms with Crippen LogP contribution in [-0.2, 0) is 0 Å². The lowest BCUT2D eigenvalue weighted by molar-refractivity contribution is 0.263. The molecule has 12 heavy (non-hydrogen) atoms. The Kier molecular flexibility index (Phi) is 2.69.